The van der Waals surface area contributed by atoms with Gasteiger partial charge in [-0.3, -0.25) is 0 Å². The lowest BCUT2D eigenvalue weighted by atomic mass is 10.3. The summed E-state index contributed by atoms with van der Waals surface area (Å²) in [5, 5.41) is 3.30. The molecule has 15 heavy (non-hydrogen) atoms. The summed E-state index contributed by atoms with van der Waals surface area (Å²) >= 11 is 1.87. The molecular formula is C12H20N2S. The number of nitrogens with one attached hydrogen (secondary N) is 1. The van der Waals surface area contributed by atoms with Crippen molar-refractivity contribution in [3.05, 3.63) is 18.3 Å². The molecule has 0 aliphatic carbocycles. The number of thioether (sulfide) groups is 1. The third kappa shape index (κ3) is 5.07. The fourth-order valence-electron chi connectivity index (χ4n) is 1.18. The van der Waals surface area contributed by atoms with Gasteiger partial charge in [0.25, 0.3) is 0 Å². The molecule has 1 heterocycles. The molecule has 3 heteroatoms. The molecule has 0 radical (unpaired) electrons. The second kappa shape index (κ2) is 5.40. The van der Waals surface area contributed by atoms with Crippen LogP contribution < -0.4 is 5.32 Å². The average molecular weight is 224 g/mol. The maximum Gasteiger partial charge on any atom is 0.126 e. The van der Waals surface area contributed by atoms with Crippen molar-refractivity contribution in [3.8, 4) is 0 Å². The molecule has 0 amide bonds. The minimum atomic E-state index is 0.253. The first kappa shape index (κ1) is 12.4. The van der Waals surface area contributed by atoms with Crippen LogP contribution in [0.15, 0.2) is 23.2 Å². The van der Waals surface area contributed by atoms with Crippen LogP contribution in [-0.2, 0) is 0 Å². The van der Waals surface area contributed by atoms with Gasteiger partial charge in [-0.05, 0) is 18.6 Å². The summed E-state index contributed by atoms with van der Waals surface area (Å²) in [5.74, 6) is 0.978. The van der Waals surface area contributed by atoms with Crippen LogP contribution in [0.1, 0.15) is 34.1 Å². The highest BCUT2D eigenvalue weighted by Gasteiger charge is 2.12. The predicted octanol–water partition coefficient (Wildman–Crippen LogP) is 3.79. The lowest BCUT2D eigenvalue weighted by molar-refractivity contribution is 0.802. The Morgan fingerprint density at radius 1 is 1.40 bits per heavy atom. The molecule has 0 spiro atoms. The van der Waals surface area contributed by atoms with E-state index in [4.69, 9.17) is 0 Å². The van der Waals surface area contributed by atoms with Crippen molar-refractivity contribution in [2.45, 2.75) is 43.8 Å². The van der Waals surface area contributed by atoms with Crippen LogP contribution in [0.4, 0.5) is 5.82 Å². The Bertz CT molecular complexity index is 305. The van der Waals surface area contributed by atoms with E-state index < -0.39 is 0 Å². The van der Waals surface area contributed by atoms with E-state index in [0.717, 1.165) is 18.8 Å². The largest absolute Gasteiger partial charge is 0.370 e. The van der Waals surface area contributed by atoms with Gasteiger partial charge < -0.3 is 5.32 Å². The van der Waals surface area contributed by atoms with E-state index in [0.29, 0.717) is 0 Å². The van der Waals surface area contributed by atoms with Crippen molar-refractivity contribution in [1.82, 2.24) is 4.98 Å². The first-order valence-corrected chi connectivity index (χ1v) is 6.22. The summed E-state index contributed by atoms with van der Waals surface area (Å²) in [6.07, 6.45) is 2.99. The molecule has 0 bridgehead atoms. The SMILES string of the molecule is CCCNc1cc(SC(C)(C)C)ccn1. The Morgan fingerprint density at radius 2 is 2.13 bits per heavy atom. The minimum Gasteiger partial charge on any atom is -0.370 e. The lowest BCUT2D eigenvalue weighted by Gasteiger charge is -2.17. The molecule has 2 nitrogen and oxygen atoms in total. The molecule has 1 aromatic rings. The number of hydrogen-bond donors (Lipinski definition) is 1. The summed E-state index contributed by atoms with van der Waals surface area (Å²) in [6.45, 7) is 9.79. The van der Waals surface area contributed by atoms with Crippen molar-refractivity contribution in [3.63, 3.8) is 0 Å². The van der Waals surface area contributed by atoms with Crippen molar-refractivity contribution < 1.29 is 0 Å². The summed E-state index contributed by atoms with van der Waals surface area (Å²) in [5.41, 5.74) is 0. The zero-order chi connectivity index (χ0) is 11.3. The molecular weight excluding hydrogens is 204 g/mol. The van der Waals surface area contributed by atoms with Crippen LogP contribution >= 0.6 is 11.8 Å². The first-order chi connectivity index (χ1) is 7.01. The molecule has 0 aliphatic rings. The van der Waals surface area contributed by atoms with Gasteiger partial charge >= 0.3 is 0 Å². The van der Waals surface area contributed by atoms with Crippen molar-refractivity contribution in [2.24, 2.45) is 0 Å². The highest BCUT2D eigenvalue weighted by atomic mass is 32.2. The van der Waals surface area contributed by atoms with Crippen LogP contribution in [0.2, 0.25) is 0 Å². The van der Waals surface area contributed by atoms with E-state index in [2.05, 4.69) is 50.1 Å². The molecule has 0 aromatic carbocycles. The van der Waals surface area contributed by atoms with Crippen LogP contribution in [0.5, 0.6) is 0 Å². The van der Waals surface area contributed by atoms with E-state index in [1.54, 1.807) is 0 Å². The smallest absolute Gasteiger partial charge is 0.126 e. The lowest BCUT2D eigenvalue weighted by Crippen LogP contribution is -2.07. The first-order valence-electron chi connectivity index (χ1n) is 5.40. The normalized spacial score (nSPS) is 11.5. The Morgan fingerprint density at radius 3 is 2.73 bits per heavy atom. The number of hydrogen-bond acceptors (Lipinski definition) is 3. The molecule has 0 saturated heterocycles. The fourth-order valence-corrected chi connectivity index (χ4v) is 2.18. The van der Waals surface area contributed by atoms with Crippen molar-refractivity contribution in [2.75, 3.05) is 11.9 Å². The highest BCUT2D eigenvalue weighted by Crippen LogP contribution is 2.32. The van der Waals surface area contributed by atoms with Gasteiger partial charge in [-0.2, -0.15) is 0 Å². The van der Waals surface area contributed by atoms with Gasteiger partial charge in [-0.1, -0.05) is 27.7 Å². The Hall–Kier alpha value is -0.700. The maximum absolute atomic E-state index is 4.28. The maximum atomic E-state index is 4.28. The Balaban J connectivity index is 2.66. The molecule has 0 aliphatic heterocycles. The second-order valence-electron chi connectivity index (χ2n) is 4.52. The van der Waals surface area contributed by atoms with Crippen molar-refractivity contribution >= 4 is 17.6 Å². The van der Waals surface area contributed by atoms with E-state index in [9.17, 15) is 0 Å². The van der Waals surface area contributed by atoms with Gasteiger partial charge in [0, 0.05) is 22.4 Å². The molecule has 0 atom stereocenters. The van der Waals surface area contributed by atoms with Gasteiger partial charge in [0.1, 0.15) is 5.82 Å². The van der Waals surface area contributed by atoms with Gasteiger partial charge in [-0.25, -0.2) is 4.98 Å². The zero-order valence-corrected chi connectivity index (χ0v) is 10.8. The number of nitrogens with zero attached hydrogens (tertiary/aromatic N) is 1. The van der Waals surface area contributed by atoms with Gasteiger partial charge in [-0.15, -0.1) is 11.8 Å². The van der Waals surface area contributed by atoms with E-state index in [-0.39, 0.29) is 4.75 Å². The van der Waals surface area contributed by atoms with Crippen LogP contribution in [0, 0.1) is 0 Å². The molecule has 1 aromatic heterocycles. The van der Waals surface area contributed by atoms with Gasteiger partial charge in [0.2, 0.25) is 0 Å². The van der Waals surface area contributed by atoms with E-state index >= 15 is 0 Å². The van der Waals surface area contributed by atoms with Gasteiger partial charge in [0.15, 0.2) is 0 Å². The van der Waals surface area contributed by atoms with E-state index in [1.165, 1.54) is 4.90 Å². The second-order valence-corrected chi connectivity index (χ2v) is 6.42. The fraction of sp³-hybridized carbons (Fsp3) is 0.583. The molecule has 84 valence electrons. The average Bonchev–Trinajstić information content (AvgIpc) is 2.12. The molecule has 1 N–H and O–H groups in total. The number of pyridine rings is 1. The molecule has 0 unspecified atom stereocenters. The third-order valence-electron chi connectivity index (χ3n) is 1.71. The Kier molecular flexibility index (Phi) is 4.45. The number of anilines is 1. The standard InChI is InChI=1S/C12H20N2S/c1-5-7-13-11-9-10(6-8-14-11)15-12(2,3)4/h6,8-9H,5,7H2,1-4H3,(H,13,14). The highest BCUT2D eigenvalue weighted by molar-refractivity contribution is 8.00. The summed E-state index contributed by atoms with van der Waals surface area (Å²) in [7, 11) is 0. The zero-order valence-electron chi connectivity index (χ0n) is 10.0. The molecule has 0 fully saturated rings. The Labute approximate surface area is 96.9 Å². The van der Waals surface area contributed by atoms with Gasteiger partial charge in [0.05, 0.1) is 0 Å². The third-order valence-corrected chi connectivity index (χ3v) is 2.81. The molecule has 0 saturated carbocycles. The van der Waals surface area contributed by atoms with Crippen LogP contribution in [-0.4, -0.2) is 16.3 Å². The summed E-state index contributed by atoms with van der Waals surface area (Å²) < 4.78 is 0.253. The number of rotatable bonds is 4. The minimum absolute atomic E-state index is 0.253. The monoisotopic (exact) mass is 224 g/mol. The number of aromatic nitrogens is 1. The van der Waals surface area contributed by atoms with Crippen LogP contribution in [0.25, 0.3) is 0 Å². The van der Waals surface area contributed by atoms with Crippen LogP contribution in [0.3, 0.4) is 0 Å². The van der Waals surface area contributed by atoms with E-state index in [1.807, 2.05) is 18.0 Å². The summed E-state index contributed by atoms with van der Waals surface area (Å²) in [4.78, 5) is 5.56. The quantitative estimate of drug-likeness (QED) is 0.788. The topological polar surface area (TPSA) is 24.9 Å². The van der Waals surface area contributed by atoms with Crippen molar-refractivity contribution in [1.29, 1.82) is 0 Å². The summed E-state index contributed by atoms with van der Waals surface area (Å²) in [6, 6.07) is 4.18. The molecule has 1 rings (SSSR count). The predicted molar refractivity (Wildman–Crippen MR) is 68.6 cm³/mol.